The quantitative estimate of drug-likeness (QED) is 0.425. The van der Waals surface area contributed by atoms with Gasteiger partial charge in [0.05, 0.1) is 17.5 Å². The van der Waals surface area contributed by atoms with Crippen molar-refractivity contribution in [2.75, 3.05) is 6.61 Å². The van der Waals surface area contributed by atoms with Gasteiger partial charge in [-0.15, -0.1) is 0 Å². The monoisotopic (exact) mass is 499 g/mol. The number of amides is 1. The number of fused-ring (bicyclic) bond motifs is 3. The molecule has 5 nitrogen and oxygen atoms in total. The number of halogens is 2. The molecule has 2 N–H and O–H groups in total. The molecule has 1 aliphatic carbocycles. The van der Waals surface area contributed by atoms with E-state index in [1.807, 2.05) is 36.4 Å². The van der Waals surface area contributed by atoms with E-state index < -0.39 is 18.1 Å². The number of ether oxygens (including phenoxy) is 1. The summed E-state index contributed by atoms with van der Waals surface area (Å²) in [6, 6.07) is 20.4. The Kier molecular flexibility index (Phi) is 6.30. The Morgan fingerprint density at radius 2 is 1.65 bits per heavy atom. The van der Waals surface area contributed by atoms with E-state index in [1.165, 1.54) is 0 Å². The predicted octanol–water partition coefficient (Wildman–Crippen LogP) is 6.16. The summed E-state index contributed by atoms with van der Waals surface area (Å²) >= 11 is 9.36. The maximum absolute atomic E-state index is 12.6. The van der Waals surface area contributed by atoms with E-state index in [9.17, 15) is 14.7 Å². The smallest absolute Gasteiger partial charge is 0.407 e. The van der Waals surface area contributed by atoms with Crippen molar-refractivity contribution in [1.29, 1.82) is 0 Å². The SMILES string of the molecule is O=C(O)CC(NC(=O)OCC1c2ccccc2-c2ccccc21)c1ccc(Cl)c(Br)c1. The first-order chi connectivity index (χ1) is 14.9. The molecule has 1 amide bonds. The van der Waals surface area contributed by atoms with Crippen molar-refractivity contribution >= 4 is 39.6 Å². The molecule has 0 bridgehead atoms. The number of hydrogen-bond acceptors (Lipinski definition) is 3. The van der Waals surface area contributed by atoms with Gasteiger partial charge in [-0.3, -0.25) is 4.79 Å². The minimum Gasteiger partial charge on any atom is -0.481 e. The van der Waals surface area contributed by atoms with Crippen LogP contribution < -0.4 is 5.32 Å². The Hall–Kier alpha value is -2.83. The lowest BCUT2D eigenvalue weighted by Crippen LogP contribution is -2.31. The summed E-state index contributed by atoms with van der Waals surface area (Å²) in [6.45, 7) is 0.157. The molecule has 3 aromatic carbocycles. The molecule has 0 radical (unpaired) electrons. The third-order valence-electron chi connectivity index (χ3n) is 5.36. The molecule has 1 unspecified atom stereocenters. The van der Waals surface area contributed by atoms with Gasteiger partial charge in [-0.1, -0.05) is 66.2 Å². The second-order valence-corrected chi connectivity index (χ2v) is 8.56. The molecule has 1 aliphatic rings. The van der Waals surface area contributed by atoms with Crippen molar-refractivity contribution in [3.63, 3.8) is 0 Å². The van der Waals surface area contributed by atoms with E-state index in [-0.39, 0.29) is 18.9 Å². The Morgan fingerprint density at radius 3 is 2.23 bits per heavy atom. The van der Waals surface area contributed by atoms with Crippen LogP contribution >= 0.6 is 27.5 Å². The highest BCUT2D eigenvalue weighted by Crippen LogP contribution is 2.44. The molecule has 0 saturated heterocycles. The standard InChI is InChI=1S/C24H19BrClNO4/c25-20-11-14(9-10-21(20)26)22(12-23(28)29)27-24(30)31-13-19-17-7-3-1-5-15(17)16-6-2-4-8-18(16)19/h1-11,19,22H,12-13H2,(H,27,30)(H,28,29). The van der Waals surface area contributed by atoms with Crippen molar-refractivity contribution in [2.24, 2.45) is 0 Å². The molecule has 158 valence electrons. The predicted molar refractivity (Wildman–Crippen MR) is 122 cm³/mol. The van der Waals surface area contributed by atoms with Crippen molar-refractivity contribution in [2.45, 2.75) is 18.4 Å². The van der Waals surface area contributed by atoms with E-state index in [0.29, 0.717) is 15.1 Å². The van der Waals surface area contributed by atoms with Gasteiger partial charge in [0.15, 0.2) is 0 Å². The number of carbonyl (C=O) groups excluding carboxylic acids is 1. The maximum atomic E-state index is 12.6. The number of carboxylic acids is 1. The highest BCUT2D eigenvalue weighted by atomic mass is 79.9. The Bertz CT molecular complexity index is 1100. The van der Waals surface area contributed by atoms with E-state index in [2.05, 4.69) is 33.4 Å². The lowest BCUT2D eigenvalue weighted by Gasteiger charge is -2.19. The molecule has 0 aromatic heterocycles. The maximum Gasteiger partial charge on any atom is 0.407 e. The molecule has 7 heteroatoms. The molecule has 0 aliphatic heterocycles. The van der Waals surface area contributed by atoms with Crippen LogP contribution in [0.1, 0.15) is 35.1 Å². The number of nitrogens with one attached hydrogen (secondary N) is 1. The van der Waals surface area contributed by atoms with Gasteiger partial charge in [-0.05, 0) is 55.9 Å². The van der Waals surface area contributed by atoms with Gasteiger partial charge in [0.2, 0.25) is 0 Å². The molecular formula is C24H19BrClNO4. The van der Waals surface area contributed by atoms with Crippen LogP contribution in [0.5, 0.6) is 0 Å². The van der Waals surface area contributed by atoms with Crippen molar-refractivity contribution in [1.82, 2.24) is 5.32 Å². The zero-order valence-corrected chi connectivity index (χ0v) is 18.7. The Balaban J connectivity index is 1.49. The molecule has 0 spiro atoms. The lowest BCUT2D eigenvalue weighted by atomic mass is 9.98. The number of alkyl carbamates (subject to hydrolysis) is 1. The molecule has 0 saturated carbocycles. The van der Waals surface area contributed by atoms with Gasteiger partial charge in [0.25, 0.3) is 0 Å². The minimum atomic E-state index is -1.03. The fraction of sp³-hybridized carbons (Fsp3) is 0.167. The number of hydrogen-bond donors (Lipinski definition) is 2. The highest BCUT2D eigenvalue weighted by molar-refractivity contribution is 9.10. The van der Waals surface area contributed by atoms with Crippen LogP contribution in [0.25, 0.3) is 11.1 Å². The van der Waals surface area contributed by atoms with Crippen LogP contribution in [0, 0.1) is 0 Å². The molecular weight excluding hydrogens is 482 g/mol. The van der Waals surface area contributed by atoms with Crippen LogP contribution in [0.2, 0.25) is 5.02 Å². The molecule has 3 aromatic rings. The van der Waals surface area contributed by atoms with Crippen LogP contribution in [0.3, 0.4) is 0 Å². The molecule has 0 fully saturated rings. The summed E-state index contributed by atoms with van der Waals surface area (Å²) in [5.74, 6) is -1.10. The lowest BCUT2D eigenvalue weighted by molar-refractivity contribution is -0.137. The number of rotatable bonds is 6. The highest BCUT2D eigenvalue weighted by Gasteiger charge is 2.29. The summed E-state index contributed by atoms with van der Waals surface area (Å²) in [5.41, 5.74) is 5.12. The molecule has 31 heavy (non-hydrogen) atoms. The summed E-state index contributed by atoms with van der Waals surface area (Å²) in [4.78, 5) is 23.9. The topological polar surface area (TPSA) is 75.6 Å². The van der Waals surface area contributed by atoms with Gasteiger partial charge in [0.1, 0.15) is 6.61 Å². The van der Waals surface area contributed by atoms with Gasteiger partial charge in [-0.2, -0.15) is 0 Å². The normalized spacial score (nSPS) is 13.2. The van der Waals surface area contributed by atoms with Gasteiger partial charge in [0, 0.05) is 10.4 Å². The summed E-state index contributed by atoms with van der Waals surface area (Å²) in [7, 11) is 0. The molecule has 0 heterocycles. The largest absolute Gasteiger partial charge is 0.481 e. The van der Waals surface area contributed by atoms with Crippen molar-refractivity contribution < 1.29 is 19.4 Å². The zero-order valence-electron chi connectivity index (χ0n) is 16.3. The second-order valence-electron chi connectivity index (χ2n) is 7.29. The van der Waals surface area contributed by atoms with Crippen LogP contribution in [0.15, 0.2) is 71.2 Å². The fourth-order valence-corrected chi connectivity index (χ4v) is 4.45. The first kappa shape index (κ1) is 21.4. The number of aliphatic carboxylic acids is 1. The summed E-state index contributed by atoms with van der Waals surface area (Å²) in [5, 5.41) is 12.4. The summed E-state index contributed by atoms with van der Waals surface area (Å²) in [6.07, 6.45) is -0.947. The van der Waals surface area contributed by atoms with Crippen LogP contribution in [-0.2, 0) is 9.53 Å². The van der Waals surface area contributed by atoms with E-state index in [1.54, 1.807) is 18.2 Å². The minimum absolute atomic E-state index is 0.0687. The van der Waals surface area contributed by atoms with Gasteiger partial charge >= 0.3 is 12.1 Å². The molecule has 1 atom stereocenters. The van der Waals surface area contributed by atoms with E-state index in [4.69, 9.17) is 16.3 Å². The summed E-state index contributed by atoms with van der Waals surface area (Å²) < 4.78 is 6.17. The van der Waals surface area contributed by atoms with Crippen molar-refractivity contribution in [3.05, 3.63) is 92.9 Å². The number of carboxylic acid groups (broad SMARTS) is 1. The van der Waals surface area contributed by atoms with E-state index in [0.717, 1.165) is 22.3 Å². The third kappa shape index (κ3) is 4.60. The first-order valence-corrected chi connectivity index (χ1v) is 10.9. The number of carbonyl (C=O) groups is 2. The average molecular weight is 501 g/mol. The Labute approximate surface area is 193 Å². The molecule has 4 rings (SSSR count). The third-order valence-corrected chi connectivity index (χ3v) is 6.57. The fourth-order valence-electron chi connectivity index (χ4n) is 3.94. The average Bonchev–Trinajstić information content (AvgIpc) is 3.07. The first-order valence-electron chi connectivity index (χ1n) is 9.72. The zero-order chi connectivity index (χ0) is 22.0. The van der Waals surface area contributed by atoms with Crippen LogP contribution in [0.4, 0.5) is 4.79 Å². The van der Waals surface area contributed by atoms with E-state index >= 15 is 0 Å². The Morgan fingerprint density at radius 1 is 1.03 bits per heavy atom. The second kappa shape index (κ2) is 9.12. The van der Waals surface area contributed by atoms with Gasteiger partial charge in [-0.25, -0.2) is 4.79 Å². The number of benzene rings is 3. The van der Waals surface area contributed by atoms with Crippen molar-refractivity contribution in [3.8, 4) is 11.1 Å². The van der Waals surface area contributed by atoms with Crippen LogP contribution in [-0.4, -0.2) is 23.8 Å². The van der Waals surface area contributed by atoms with Gasteiger partial charge < -0.3 is 15.2 Å².